The lowest BCUT2D eigenvalue weighted by Crippen LogP contribution is -2.28. The molecule has 2 aliphatic heterocycles. The molecule has 0 N–H and O–H groups in total. The fourth-order valence-electron chi connectivity index (χ4n) is 1.05. The zero-order valence-corrected chi connectivity index (χ0v) is 5.51. The van der Waals surface area contributed by atoms with Gasteiger partial charge in [0.1, 0.15) is 0 Å². The van der Waals surface area contributed by atoms with E-state index in [0.717, 1.165) is 0 Å². The molecule has 2 nitrogen and oxygen atoms in total. The van der Waals surface area contributed by atoms with Crippen molar-refractivity contribution in [3.05, 3.63) is 36.8 Å². The summed E-state index contributed by atoms with van der Waals surface area (Å²) in [6.45, 7) is 0. The first-order valence-corrected chi connectivity index (χ1v) is 3.29. The third-order valence-corrected chi connectivity index (χ3v) is 1.59. The van der Waals surface area contributed by atoms with Crippen LogP contribution in [0.15, 0.2) is 41.8 Å². The van der Waals surface area contributed by atoms with Gasteiger partial charge in [0, 0.05) is 24.8 Å². The number of hydrogen-bond acceptors (Lipinski definition) is 2. The first kappa shape index (κ1) is 5.47. The highest BCUT2D eigenvalue weighted by molar-refractivity contribution is 5.70. The van der Waals surface area contributed by atoms with E-state index >= 15 is 0 Å². The molecule has 0 radical (unpaired) electrons. The smallest absolute Gasteiger partial charge is 0.0869 e. The average Bonchev–Trinajstić information content (AvgIpc) is 2.05. The van der Waals surface area contributed by atoms with Crippen molar-refractivity contribution in [1.29, 1.82) is 0 Å². The van der Waals surface area contributed by atoms with Crippen molar-refractivity contribution in [2.45, 2.75) is 6.04 Å². The summed E-state index contributed by atoms with van der Waals surface area (Å²) in [5.74, 6) is 0. The van der Waals surface area contributed by atoms with Crippen LogP contribution in [0.5, 0.6) is 0 Å². The van der Waals surface area contributed by atoms with E-state index in [9.17, 15) is 0 Å². The van der Waals surface area contributed by atoms with Crippen LogP contribution in [-0.4, -0.2) is 17.2 Å². The van der Waals surface area contributed by atoms with Gasteiger partial charge in [0.2, 0.25) is 0 Å². The molecule has 50 valence electrons. The van der Waals surface area contributed by atoms with E-state index in [2.05, 4.69) is 16.0 Å². The Morgan fingerprint density at radius 3 is 3.10 bits per heavy atom. The Kier molecular flexibility index (Phi) is 1.17. The summed E-state index contributed by atoms with van der Waals surface area (Å²) in [5.41, 5.74) is 0. The largest absolute Gasteiger partial charge is 0.341 e. The number of allylic oxidation sites excluding steroid dienone is 2. The molecule has 2 heteroatoms. The SMILES string of the molecule is C1=CC2C=NC=CN2C=C1. The molecule has 0 fully saturated rings. The number of fused-ring (bicyclic) bond motifs is 1. The highest BCUT2D eigenvalue weighted by atomic mass is 15.1. The summed E-state index contributed by atoms with van der Waals surface area (Å²) in [6.07, 6.45) is 13.9. The topological polar surface area (TPSA) is 15.6 Å². The van der Waals surface area contributed by atoms with Crippen molar-refractivity contribution >= 4 is 6.21 Å². The molecular weight excluding hydrogens is 124 g/mol. The fraction of sp³-hybridized carbons (Fsp3) is 0.125. The van der Waals surface area contributed by atoms with Crippen molar-refractivity contribution in [1.82, 2.24) is 4.90 Å². The number of aliphatic imine (C=N–C) groups is 1. The summed E-state index contributed by atoms with van der Waals surface area (Å²) in [7, 11) is 0. The third-order valence-electron chi connectivity index (χ3n) is 1.59. The van der Waals surface area contributed by atoms with Crippen molar-refractivity contribution in [2.75, 3.05) is 0 Å². The molecular formula is C8H8N2. The predicted octanol–water partition coefficient (Wildman–Crippen LogP) is 1.30. The van der Waals surface area contributed by atoms with Crippen LogP contribution in [0.1, 0.15) is 0 Å². The van der Waals surface area contributed by atoms with E-state index in [1.54, 1.807) is 6.20 Å². The minimum atomic E-state index is 0.343. The molecule has 0 aromatic carbocycles. The van der Waals surface area contributed by atoms with E-state index in [1.807, 2.05) is 30.8 Å². The summed E-state index contributed by atoms with van der Waals surface area (Å²) < 4.78 is 0. The van der Waals surface area contributed by atoms with Crippen LogP contribution in [0, 0.1) is 0 Å². The molecule has 0 spiro atoms. The van der Waals surface area contributed by atoms with Gasteiger partial charge >= 0.3 is 0 Å². The maximum atomic E-state index is 4.03. The van der Waals surface area contributed by atoms with Crippen LogP contribution in [0.2, 0.25) is 0 Å². The Morgan fingerprint density at radius 1 is 1.20 bits per heavy atom. The molecule has 0 aromatic heterocycles. The molecule has 2 rings (SSSR count). The summed E-state index contributed by atoms with van der Waals surface area (Å²) in [4.78, 5) is 6.13. The van der Waals surface area contributed by atoms with Crippen molar-refractivity contribution in [2.24, 2.45) is 4.99 Å². The fourth-order valence-corrected chi connectivity index (χ4v) is 1.05. The number of hydrogen-bond donors (Lipinski definition) is 0. The second-order valence-corrected chi connectivity index (χ2v) is 2.26. The molecule has 0 saturated heterocycles. The second kappa shape index (κ2) is 2.14. The van der Waals surface area contributed by atoms with Crippen LogP contribution >= 0.6 is 0 Å². The Hall–Kier alpha value is -1.31. The second-order valence-electron chi connectivity index (χ2n) is 2.26. The molecule has 2 heterocycles. The first-order valence-electron chi connectivity index (χ1n) is 3.29. The highest BCUT2D eigenvalue weighted by Gasteiger charge is 2.10. The standard InChI is InChI=1S/C8H8N2/c1-2-5-10-6-4-9-7-8(10)3-1/h1-8H. The van der Waals surface area contributed by atoms with E-state index in [4.69, 9.17) is 0 Å². The molecule has 0 aromatic rings. The Balaban J connectivity index is 2.28. The van der Waals surface area contributed by atoms with Crippen LogP contribution < -0.4 is 0 Å². The van der Waals surface area contributed by atoms with Crippen LogP contribution in [0.4, 0.5) is 0 Å². The maximum Gasteiger partial charge on any atom is 0.0869 e. The van der Waals surface area contributed by atoms with Gasteiger partial charge in [0.25, 0.3) is 0 Å². The lowest BCUT2D eigenvalue weighted by Gasteiger charge is -2.25. The zero-order valence-electron chi connectivity index (χ0n) is 5.51. The van der Waals surface area contributed by atoms with Crippen molar-refractivity contribution in [3.8, 4) is 0 Å². The van der Waals surface area contributed by atoms with Gasteiger partial charge < -0.3 is 4.90 Å². The van der Waals surface area contributed by atoms with Gasteiger partial charge in [0.05, 0.1) is 6.04 Å². The van der Waals surface area contributed by atoms with Gasteiger partial charge in [-0.1, -0.05) is 12.2 Å². The van der Waals surface area contributed by atoms with Gasteiger partial charge in [0.15, 0.2) is 0 Å². The quantitative estimate of drug-likeness (QED) is 0.485. The Morgan fingerprint density at radius 2 is 2.20 bits per heavy atom. The highest BCUT2D eigenvalue weighted by Crippen LogP contribution is 2.09. The minimum Gasteiger partial charge on any atom is -0.341 e. The molecule has 0 aliphatic carbocycles. The maximum absolute atomic E-state index is 4.03. The summed E-state index contributed by atoms with van der Waals surface area (Å²) in [5, 5.41) is 0. The molecule has 2 aliphatic rings. The minimum absolute atomic E-state index is 0.343. The van der Waals surface area contributed by atoms with E-state index in [0.29, 0.717) is 6.04 Å². The lowest BCUT2D eigenvalue weighted by molar-refractivity contribution is 0.500. The Labute approximate surface area is 59.9 Å². The molecule has 1 atom stereocenters. The summed E-state index contributed by atoms with van der Waals surface area (Å²) >= 11 is 0. The first-order chi connectivity index (χ1) is 4.97. The molecule has 1 unspecified atom stereocenters. The summed E-state index contributed by atoms with van der Waals surface area (Å²) in [6, 6.07) is 0.343. The molecule has 10 heavy (non-hydrogen) atoms. The Bertz CT molecular complexity index is 186. The predicted molar refractivity (Wildman–Crippen MR) is 41.5 cm³/mol. The normalized spacial score (nSPS) is 27.2. The van der Waals surface area contributed by atoms with Crippen molar-refractivity contribution < 1.29 is 0 Å². The van der Waals surface area contributed by atoms with Crippen LogP contribution in [0.25, 0.3) is 0 Å². The molecule has 0 bridgehead atoms. The zero-order chi connectivity index (χ0) is 6.81. The number of rotatable bonds is 0. The van der Waals surface area contributed by atoms with Crippen LogP contribution in [0.3, 0.4) is 0 Å². The van der Waals surface area contributed by atoms with Crippen LogP contribution in [-0.2, 0) is 0 Å². The third kappa shape index (κ3) is 0.778. The van der Waals surface area contributed by atoms with Gasteiger partial charge in [-0.2, -0.15) is 0 Å². The lowest BCUT2D eigenvalue weighted by atomic mass is 10.2. The van der Waals surface area contributed by atoms with Gasteiger partial charge in [-0.05, 0) is 6.08 Å². The average molecular weight is 132 g/mol. The van der Waals surface area contributed by atoms with E-state index in [-0.39, 0.29) is 0 Å². The van der Waals surface area contributed by atoms with E-state index < -0.39 is 0 Å². The van der Waals surface area contributed by atoms with E-state index in [1.165, 1.54) is 0 Å². The van der Waals surface area contributed by atoms with Gasteiger partial charge in [-0.15, -0.1) is 0 Å². The molecule has 0 amide bonds. The molecule has 0 saturated carbocycles. The number of nitrogens with zero attached hydrogens (tertiary/aromatic N) is 2. The van der Waals surface area contributed by atoms with Gasteiger partial charge in [-0.25, -0.2) is 0 Å². The monoisotopic (exact) mass is 132 g/mol. The van der Waals surface area contributed by atoms with Crippen molar-refractivity contribution in [3.63, 3.8) is 0 Å². The van der Waals surface area contributed by atoms with Gasteiger partial charge in [-0.3, -0.25) is 4.99 Å².